The van der Waals surface area contributed by atoms with Gasteiger partial charge in [-0.25, -0.2) is 0 Å². The summed E-state index contributed by atoms with van der Waals surface area (Å²) in [5, 5.41) is 0. The van der Waals surface area contributed by atoms with E-state index in [-0.39, 0.29) is 0 Å². The molecule has 1 saturated carbocycles. The predicted octanol–water partition coefficient (Wildman–Crippen LogP) is 5.13. The fourth-order valence-corrected chi connectivity index (χ4v) is 4.73. The fourth-order valence-electron chi connectivity index (χ4n) is 4.73. The second kappa shape index (κ2) is 3.85. The Morgan fingerprint density at radius 3 is 2.40 bits per heavy atom. The van der Waals surface area contributed by atoms with E-state index in [0.717, 1.165) is 17.8 Å². The zero-order valence-corrected chi connectivity index (χ0v) is 11.5. The highest BCUT2D eigenvalue weighted by Crippen LogP contribution is 2.69. The van der Waals surface area contributed by atoms with Gasteiger partial charge in [0, 0.05) is 0 Å². The molecule has 5 rings (SSSR count). The van der Waals surface area contributed by atoms with Crippen LogP contribution in [0.2, 0.25) is 0 Å². The molecule has 0 aromatic heterocycles. The molecule has 0 saturated heterocycles. The van der Waals surface area contributed by atoms with Gasteiger partial charge in [0.2, 0.25) is 0 Å². The van der Waals surface area contributed by atoms with Gasteiger partial charge in [-0.2, -0.15) is 0 Å². The maximum absolute atomic E-state index is 2.37. The van der Waals surface area contributed by atoms with E-state index in [4.69, 9.17) is 0 Å². The summed E-state index contributed by atoms with van der Waals surface area (Å²) >= 11 is 0. The van der Waals surface area contributed by atoms with Crippen molar-refractivity contribution in [3.05, 3.63) is 76.9 Å². The van der Waals surface area contributed by atoms with Crippen molar-refractivity contribution in [1.29, 1.82) is 0 Å². The number of hydrogen-bond acceptors (Lipinski definition) is 0. The van der Waals surface area contributed by atoms with Crippen molar-refractivity contribution in [2.75, 3.05) is 0 Å². The highest BCUT2D eigenvalue weighted by Gasteiger charge is 2.57. The van der Waals surface area contributed by atoms with Crippen LogP contribution < -0.4 is 0 Å². The van der Waals surface area contributed by atoms with Gasteiger partial charge in [-0.15, -0.1) is 0 Å². The van der Waals surface area contributed by atoms with E-state index in [0.29, 0.717) is 0 Å². The van der Waals surface area contributed by atoms with Gasteiger partial charge in [0.15, 0.2) is 0 Å². The van der Waals surface area contributed by atoms with Crippen LogP contribution in [0.5, 0.6) is 0 Å². The lowest BCUT2D eigenvalue weighted by atomic mass is 9.87. The molecule has 0 N–H and O–H groups in total. The Morgan fingerprint density at radius 1 is 0.700 bits per heavy atom. The molecule has 0 radical (unpaired) electrons. The summed E-state index contributed by atoms with van der Waals surface area (Å²) in [4.78, 5) is 0. The zero-order valence-electron chi connectivity index (χ0n) is 11.5. The molecule has 0 heteroatoms. The summed E-state index contributed by atoms with van der Waals surface area (Å²) in [5.41, 5.74) is 8.22. The maximum Gasteiger partial charge on any atom is -0.000917 e. The largest absolute Gasteiger partial charge is 0.0622 e. The molecule has 0 bridgehead atoms. The molecule has 3 atom stereocenters. The van der Waals surface area contributed by atoms with Crippen LogP contribution in [0.25, 0.3) is 5.57 Å². The van der Waals surface area contributed by atoms with Crippen LogP contribution in [0.4, 0.5) is 0 Å². The third-order valence-electron chi connectivity index (χ3n) is 5.51. The molecular formula is C20H18. The van der Waals surface area contributed by atoms with Gasteiger partial charge in [0.25, 0.3) is 0 Å². The number of rotatable bonds is 1. The van der Waals surface area contributed by atoms with E-state index in [1.807, 2.05) is 0 Å². The Labute approximate surface area is 120 Å². The lowest BCUT2D eigenvalue weighted by Crippen LogP contribution is -2.00. The van der Waals surface area contributed by atoms with Gasteiger partial charge in [-0.1, -0.05) is 60.2 Å². The van der Waals surface area contributed by atoms with Crippen molar-refractivity contribution in [2.45, 2.75) is 31.1 Å². The lowest BCUT2D eigenvalue weighted by molar-refractivity contribution is 0.824. The fraction of sp³-hybridized carbons (Fsp3) is 0.300. The molecule has 98 valence electrons. The van der Waals surface area contributed by atoms with Gasteiger partial charge in [0.05, 0.1) is 0 Å². The Morgan fingerprint density at radius 2 is 1.50 bits per heavy atom. The molecule has 3 aliphatic rings. The van der Waals surface area contributed by atoms with Crippen LogP contribution in [0.15, 0.2) is 60.2 Å². The maximum atomic E-state index is 2.37. The zero-order chi connectivity index (χ0) is 13.1. The molecule has 2 aromatic rings. The molecule has 0 amide bonds. The average molecular weight is 258 g/mol. The molecule has 20 heavy (non-hydrogen) atoms. The van der Waals surface area contributed by atoms with Gasteiger partial charge in [0.1, 0.15) is 0 Å². The predicted molar refractivity (Wildman–Crippen MR) is 82.6 cm³/mol. The first-order valence-corrected chi connectivity index (χ1v) is 7.81. The van der Waals surface area contributed by atoms with Crippen molar-refractivity contribution in [1.82, 2.24) is 0 Å². The number of hydrogen-bond donors (Lipinski definition) is 0. The van der Waals surface area contributed by atoms with Crippen LogP contribution in [-0.2, 0) is 0 Å². The minimum atomic E-state index is 0.739. The van der Waals surface area contributed by atoms with Crippen molar-refractivity contribution in [3.63, 3.8) is 0 Å². The third kappa shape index (κ3) is 1.32. The van der Waals surface area contributed by atoms with E-state index < -0.39 is 0 Å². The summed E-state index contributed by atoms with van der Waals surface area (Å²) in [6.45, 7) is 0. The summed E-state index contributed by atoms with van der Waals surface area (Å²) in [5.74, 6) is 2.30. The monoisotopic (exact) mass is 258 g/mol. The van der Waals surface area contributed by atoms with E-state index in [1.54, 1.807) is 22.3 Å². The topological polar surface area (TPSA) is 0 Å². The SMILES string of the molecule is c1ccc(C2C3C4=C(CCC4)c4ccccc4C32)cc1. The Kier molecular flexibility index (Phi) is 2.10. The number of allylic oxidation sites excluding steroid dienone is 2. The van der Waals surface area contributed by atoms with Crippen LogP contribution in [-0.4, -0.2) is 0 Å². The Balaban J connectivity index is 1.68. The minimum Gasteiger partial charge on any atom is -0.0622 e. The van der Waals surface area contributed by atoms with E-state index >= 15 is 0 Å². The molecule has 0 nitrogen and oxygen atoms in total. The standard InChI is InChI=1S/C20H18/c1-2-7-13(8-3-1)18-19-16-10-5-4-9-14(16)15-11-6-12-17(15)20(18)19/h1-5,7-10,18-20H,6,11-12H2. The minimum absolute atomic E-state index is 0.739. The van der Waals surface area contributed by atoms with E-state index in [2.05, 4.69) is 54.6 Å². The second-order valence-electron chi connectivity index (χ2n) is 6.43. The first-order chi connectivity index (χ1) is 9.95. The van der Waals surface area contributed by atoms with Crippen molar-refractivity contribution in [2.24, 2.45) is 5.92 Å². The quantitative estimate of drug-likeness (QED) is 0.664. The third-order valence-corrected chi connectivity index (χ3v) is 5.51. The van der Waals surface area contributed by atoms with Gasteiger partial charge in [-0.05, 0) is 59.3 Å². The summed E-state index contributed by atoms with van der Waals surface area (Å²) in [7, 11) is 0. The molecule has 0 heterocycles. The molecular weight excluding hydrogens is 240 g/mol. The summed E-state index contributed by atoms with van der Waals surface area (Å²) in [6, 6.07) is 20.3. The first kappa shape index (κ1) is 10.9. The van der Waals surface area contributed by atoms with Gasteiger partial charge in [-0.3, -0.25) is 0 Å². The Bertz CT molecular complexity index is 704. The average Bonchev–Trinajstić information content (AvgIpc) is 3.07. The highest BCUT2D eigenvalue weighted by atomic mass is 14.6. The normalized spacial score (nSPS) is 29.7. The lowest BCUT2D eigenvalue weighted by Gasteiger charge is -2.17. The Hall–Kier alpha value is -1.82. The molecule has 2 aromatic carbocycles. The first-order valence-electron chi connectivity index (χ1n) is 7.81. The molecule has 1 fully saturated rings. The summed E-state index contributed by atoms with van der Waals surface area (Å²) in [6.07, 6.45) is 4.01. The molecule has 0 spiro atoms. The smallest absolute Gasteiger partial charge is 0.000917 e. The molecule has 3 unspecified atom stereocenters. The van der Waals surface area contributed by atoms with Crippen LogP contribution in [0.1, 0.15) is 47.8 Å². The molecule has 0 aliphatic heterocycles. The number of benzene rings is 2. The second-order valence-corrected chi connectivity index (χ2v) is 6.43. The van der Waals surface area contributed by atoms with Gasteiger partial charge < -0.3 is 0 Å². The van der Waals surface area contributed by atoms with Crippen molar-refractivity contribution in [3.8, 4) is 0 Å². The number of fused-ring (bicyclic) bond motifs is 5. The molecule has 3 aliphatic carbocycles. The van der Waals surface area contributed by atoms with Crippen molar-refractivity contribution < 1.29 is 0 Å². The summed E-state index contributed by atoms with van der Waals surface area (Å²) < 4.78 is 0. The highest BCUT2D eigenvalue weighted by molar-refractivity contribution is 5.79. The van der Waals surface area contributed by atoms with E-state index in [1.165, 1.54) is 24.8 Å². The van der Waals surface area contributed by atoms with Crippen LogP contribution >= 0.6 is 0 Å². The van der Waals surface area contributed by atoms with Crippen LogP contribution in [0, 0.1) is 5.92 Å². The van der Waals surface area contributed by atoms with Crippen LogP contribution in [0.3, 0.4) is 0 Å². The van der Waals surface area contributed by atoms with E-state index in [9.17, 15) is 0 Å². The van der Waals surface area contributed by atoms with Gasteiger partial charge >= 0.3 is 0 Å². The van der Waals surface area contributed by atoms with Crippen molar-refractivity contribution >= 4 is 5.57 Å².